The Hall–Kier alpha value is -1.28. The number of aliphatic hydroxyl groups excluding tert-OH is 19. The third kappa shape index (κ3) is 12.6. The van der Waals surface area contributed by atoms with Crippen molar-refractivity contribution in [2.45, 2.75) is 315 Å². The zero-order chi connectivity index (χ0) is 70.5. The van der Waals surface area contributed by atoms with E-state index in [1.54, 1.807) is 13.8 Å². The summed E-state index contributed by atoms with van der Waals surface area (Å²) < 4.78 is 73.3. The molecule has 0 aromatic rings. The van der Waals surface area contributed by atoms with Crippen LogP contribution in [-0.2, 0) is 56.8 Å². The van der Waals surface area contributed by atoms with Crippen molar-refractivity contribution in [3.63, 3.8) is 0 Å². The van der Waals surface area contributed by atoms with Gasteiger partial charge in [0.1, 0.15) is 128 Å². The summed E-state index contributed by atoms with van der Waals surface area (Å²) in [5, 5.41) is 222. The molecule has 12 aliphatic rings. The summed E-state index contributed by atoms with van der Waals surface area (Å²) in [5.74, 6) is -1.76. The van der Waals surface area contributed by atoms with Gasteiger partial charge in [0, 0.05) is 17.3 Å². The van der Waals surface area contributed by atoms with Crippen LogP contribution < -0.4 is 0 Å². The fraction of sp³-hybridized carbons (Fsp3) is 1.00. The van der Waals surface area contributed by atoms with E-state index in [0.29, 0.717) is 32.1 Å². The standard InChI is InChI=1S/C65H108O32/c1-23-36(69)43(76)49(82)55(89-23)88-20-31-42(75)47(80)53(96-56-50(83)44(77)37(70)24(2)90-56)59(94-31)95-34-11-13-64-21-65(64)15-14-62(6)25(10-12-63(62,7)33(65)9-8-32(64)61(34,5)22-67)35-28(16-26(38(35)71)60(3,4)85)91-58-52(97-57-51(84)45(78)40(73)29(17-66)92-57)46(79)41(74)30(93-58)19-87-54-48(81)39(72)27(68)18-86-54/h23-59,66-85H,8-22H2,1-7H3/t23-,24-,25+,26-,27+,28-,29-,30-,31+,32+,33-,34-,35-,36-,37-,38+,39-,40-,41-,42+,43+,44+,45+,46+,47-,48+,49+,50+,51-,52-,53+,54-,55+,56-,57+,58-,59-,61+,62+,63-,64+,65-/m0/s1. The highest BCUT2D eigenvalue weighted by Gasteiger charge is 2.83. The molecular weight excluding hydrogens is 1290 g/mol. The van der Waals surface area contributed by atoms with E-state index in [1.807, 2.05) is 6.92 Å². The lowest BCUT2D eigenvalue weighted by atomic mass is 9.41. The highest BCUT2D eigenvalue weighted by molar-refractivity contribution is 5.31. The Kier molecular flexibility index (Phi) is 21.7. The number of aliphatic hydroxyl groups is 20. The molecule has 0 amide bonds. The van der Waals surface area contributed by atoms with Crippen LogP contribution in [0.25, 0.3) is 0 Å². The van der Waals surface area contributed by atoms with E-state index in [1.165, 1.54) is 13.8 Å². The van der Waals surface area contributed by atoms with Crippen molar-refractivity contribution in [1.29, 1.82) is 0 Å². The molecule has 6 saturated carbocycles. The number of fused-ring (bicyclic) bond motifs is 2. The van der Waals surface area contributed by atoms with Crippen molar-refractivity contribution in [3.8, 4) is 0 Å². The van der Waals surface area contributed by atoms with Crippen LogP contribution in [0, 0.1) is 56.7 Å². The van der Waals surface area contributed by atoms with Crippen LogP contribution in [0.2, 0.25) is 0 Å². The van der Waals surface area contributed by atoms with Crippen LogP contribution in [0.3, 0.4) is 0 Å². The van der Waals surface area contributed by atoms with Gasteiger partial charge in [-0.25, -0.2) is 0 Å². The Bertz CT molecular complexity index is 2670. The second-order valence-corrected chi connectivity index (χ2v) is 31.9. The molecular formula is C65H108O32. The van der Waals surface area contributed by atoms with Crippen LogP contribution >= 0.6 is 0 Å². The van der Waals surface area contributed by atoms with Crippen molar-refractivity contribution in [2.24, 2.45) is 56.7 Å². The molecule has 0 radical (unpaired) electrons. The highest BCUT2D eigenvalue weighted by Crippen LogP contribution is 2.89. The van der Waals surface area contributed by atoms with Crippen LogP contribution in [-0.4, -0.2) is 337 Å². The van der Waals surface area contributed by atoms with Gasteiger partial charge in [0.15, 0.2) is 37.7 Å². The lowest BCUT2D eigenvalue weighted by Crippen LogP contribution is -2.66. The summed E-state index contributed by atoms with van der Waals surface area (Å²) in [4.78, 5) is 0. The Morgan fingerprint density at radius 1 is 0.443 bits per heavy atom. The predicted molar refractivity (Wildman–Crippen MR) is 321 cm³/mol. The van der Waals surface area contributed by atoms with E-state index in [2.05, 4.69) is 13.8 Å². The number of hydrogen-bond acceptors (Lipinski definition) is 32. The van der Waals surface area contributed by atoms with Crippen molar-refractivity contribution >= 4 is 0 Å². The molecule has 42 atom stereocenters. The Morgan fingerprint density at radius 2 is 0.938 bits per heavy atom. The van der Waals surface area contributed by atoms with Gasteiger partial charge in [0.2, 0.25) is 0 Å². The lowest BCUT2D eigenvalue weighted by Gasteiger charge is -2.64. The topological polar surface area (TPSA) is 515 Å². The van der Waals surface area contributed by atoms with E-state index < -0.39 is 251 Å². The Morgan fingerprint density at radius 3 is 1.52 bits per heavy atom. The zero-order valence-electron chi connectivity index (χ0n) is 55.8. The highest BCUT2D eigenvalue weighted by atomic mass is 16.8. The first-order valence-corrected chi connectivity index (χ1v) is 34.8. The van der Waals surface area contributed by atoms with Crippen LogP contribution in [0.15, 0.2) is 0 Å². The van der Waals surface area contributed by atoms with Gasteiger partial charge >= 0.3 is 0 Å². The van der Waals surface area contributed by atoms with E-state index in [4.69, 9.17) is 56.8 Å². The van der Waals surface area contributed by atoms with E-state index >= 15 is 0 Å². The summed E-state index contributed by atoms with van der Waals surface area (Å²) in [7, 11) is 0. The molecule has 0 bridgehead atoms. The van der Waals surface area contributed by atoms with Crippen molar-refractivity contribution in [3.05, 3.63) is 0 Å². The monoisotopic (exact) mass is 1400 g/mol. The molecule has 12 fully saturated rings. The number of ether oxygens (including phenoxy) is 12. The first-order valence-electron chi connectivity index (χ1n) is 34.8. The molecule has 6 heterocycles. The fourth-order valence-electron chi connectivity index (χ4n) is 20.6. The normalized spacial score (nSPS) is 57.9. The minimum Gasteiger partial charge on any atom is -0.396 e. The average Bonchev–Trinajstić information content (AvgIpc) is 1.46. The SMILES string of the molecule is C[C@@H]1O[C@@H](OC[C@H]2O[C@@H](O[C@H]3CC[C@]45C[C@]46CC[C@]4(C)[C@@H]([C@@H]7[C@H](O)[C@@H](C(C)(C)O)C[C@@H]7O[C@H]7O[C@@H](CO[C@@H]8OC[C@@H](O)[C@H](O)[C@H]8O)[C@H](O)[C@@H](O)[C@@H]7O[C@H]7O[C@@H](CO)[C@H](O)[C@@H](O)[C@@H]7O)CC[C@@]4(C)[C@@H]6CC[C@@H]5[C@@]3(C)CO)[C@H](O[C@@H]3O[C@@H](C)[C@H](O)[C@@H](O)[C@H]3O)[C@@H](O)[C@@H]2O)[C@H](O)[C@H](O)[C@H]1O. The summed E-state index contributed by atoms with van der Waals surface area (Å²) in [6.07, 6.45) is -44.1. The maximum Gasteiger partial charge on any atom is 0.187 e. The van der Waals surface area contributed by atoms with E-state index in [9.17, 15) is 102 Å². The third-order valence-electron chi connectivity index (χ3n) is 26.6. The lowest BCUT2D eigenvalue weighted by molar-refractivity contribution is -0.380. The molecule has 12 rings (SSSR count). The molecule has 32 nitrogen and oxygen atoms in total. The number of hydrogen-bond donors (Lipinski definition) is 20. The first-order chi connectivity index (χ1) is 45.5. The molecule has 560 valence electrons. The molecule has 6 aliphatic carbocycles. The van der Waals surface area contributed by atoms with Crippen LogP contribution in [0.4, 0.5) is 0 Å². The smallest absolute Gasteiger partial charge is 0.187 e. The zero-order valence-corrected chi connectivity index (χ0v) is 55.8. The van der Waals surface area contributed by atoms with Gasteiger partial charge in [-0.1, -0.05) is 20.8 Å². The summed E-state index contributed by atoms with van der Waals surface area (Å²) in [6.45, 7) is 9.95. The van der Waals surface area contributed by atoms with Crippen molar-refractivity contribution < 1.29 is 159 Å². The molecule has 6 saturated heterocycles. The van der Waals surface area contributed by atoms with Crippen LogP contribution in [0.5, 0.6) is 0 Å². The molecule has 97 heavy (non-hydrogen) atoms. The summed E-state index contributed by atoms with van der Waals surface area (Å²) >= 11 is 0. The maximum atomic E-state index is 12.8. The quantitative estimate of drug-likeness (QED) is 0.0568. The van der Waals surface area contributed by atoms with Crippen molar-refractivity contribution in [1.82, 2.24) is 0 Å². The first kappa shape index (κ1) is 75.4. The Labute approximate surface area is 561 Å². The summed E-state index contributed by atoms with van der Waals surface area (Å²) in [5.41, 5.74) is -3.78. The minimum atomic E-state index is -1.96. The molecule has 6 aliphatic heterocycles. The van der Waals surface area contributed by atoms with Gasteiger partial charge < -0.3 is 159 Å². The molecule has 32 heteroatoms. The average molecular weight is 1400 g/mol. The van der Waals surface area contributed by atoms with Gasteiger partial charge in [0.05, 0.1) is 69.2 Å². The van der Waals surface area contributed by atoms with Crippen LogP contribution in [0.1, 0.15) is 113 Å². The molecule has 20 N–H and O–H groups in total. The summed E-state index contributed by atoms with van der Waals surface area (Å²) in [6, 6.07) is 0. The molecule has 0 aromatic carbocycles. The van der Waals surface area contributed by atoms with Gasteiger partial charge in [0.25, 0.3) is 0 Å². The minimum absolute atomic E-state index is 0.0553. The number of rotatable bonds is 18. The predicted octanol–water partition coefficient (Wildman–Crippen LogP) is -6.47. The van der Waals surface area contributed by atoms with Gasteiger partial charge in [-0.2, -0.15) is 0 Å². The molecule has 2 spiro atoms. The van der Waals surface area contributed by atoms with E-state index in [-0.39, 0.29) is 47.0 Å². The maximum absolute atomic E-state index is 12.8. The second-order valence-electron chi connectivity index (χ2n) is 31.9. The van der Waals surface area contributed by atoms with Gasteiger partial charge in [-0.15, -0.1) is 0 Å². The van der Waals surface area contributed by atoms with Crippen molar-refractivity contribution in [2.75, 3.05) is 33.0 Å². The third-order valence-corrected chi connectivity index (χ3v) is 26.6. The van der Waals surface area contributed by atoms with E-state index in [0.717, 1.165) is 25.7 Å². The largest absolute Gasteiger partial charge is 0.396 e. The molecule has 0 aromatic heterocycles. The van der Waals surface area contributed by atoms with Gasteiger partial charge in [-0.05, 0) is 131 Å². The molecule has 0 unspecified atom stereocenters. The second kappa shape index (κ2) is 27.9. The van der Waals surface area contributed by atoms with Gasteiger partial charge in [-0.3, -0.25) is 0 Å². The Balaban J connectivity index is 0.793. The fourth-order valence-corrected chi connectivity index (χ4v) is 20.6.